The molecule has 0 aliphatic carbocycles. The summed E-state index contributed by atoms with van der Waals surface area (Å²) >= 11 is 0. The van der Waals surface area contributed by atoms with Gasteiger partial charge in [0.25, 0.3) is 5.56 Å². The largest absolute Gasteiger partial charge is 0.497 e. The Hall–Kier alpha value is -4.08. The fourth-order valence-corrected chi connectivity index (χ4v) is 4.39. The lowest BCUT2D eigenvalue weighted by Crippen LogP contribution is -2.34. The van der Waals surface area contributed by atoms with Crippen LogP contribution in [0.3, 0.4) is 0 Å². The Bertz CT molecular complexity index is 1470. The molecular formula is C30H35N3O6. The fraction of sp³-hybridized carbons (Fsp3) is 0.333. The second-order valence-electron chi connectivity index (χ2n) is 9.37. The number of hydrogen-bond donors (Lipinski definition) is 1. The third-order valence-electron chi connectivity index (χ3n) is 6.59. The van der Waals surface area contributed by atoms with Gasteiger partial charge < -0.3 is 29.0 Å². The van der Waals surface area contributed by atoms with Crippen LogP contribution in [0.2, 0.25) is 0 Å². The van der Waals surface area contributed by atoms with E-state index in [1.165, 1.54) is 4.57 Å². The van der Waals surface area contributed by atoms with Gasteiger partial charge in [-0.25, -0.2) is 4.98 Å². The highest BCUT2D eigenvalue weighted by Gasteiger charge is 2.13. The van der Waals surface area contributed by atoms with Gasteiger partial charge in [-0.3, -0.25) is 9.36 Å². The zero-order valence-electron chi connectivity index (χ0n) is 23.0. The summed E-state index contributed by atoms with van der Waals surface area (Å²) in [6.07, 6.45) is 0.158. The van der Waals surface area contributed by atoms with Crippen molar-refractivity contribution in [3.63, 3.8) is 0 Å². The summed E-state index contributed by atoms with van der Waals surface area (Å²) < 4.78 is 23.2. The molecule has 0 saturated heterocycles. The smallest absolute Gasteiger partial charge is 0.261 e. The Morgan fingerprint density at radius 2 is 1.64 bits per heavy atom. The molecule has 4 aromatic rings. The second-order valence-corrected chi connectivity index (χ2v) is 9.37. The molecule has 4 rings (SSSR count). The minimum atomic E-state index is -0.653. The number of likely N-dealkylation sites (N-methyl/N-ethyl adjacent to an activating group) is 1. The van der Waals surface area contributed by atoms with E-state index in [1.54, 1.807) is 46.6 Å². The Morgan fingerprint density at radius 3 is 2.33 bits per heavy atom. The number of fused-ring (bicyclic) bond motifs is 1. The number of methoxy groups -OCH3 is 3. The molecule has 1 aromatic heterocycles. The third-order valence-corrected chi connectivity index (χ3v) is 6.59. The van der Waals surface area contributed by atoms with Crippen LogP contribution in [0.4, 0.5) is 0 Å². The fourth-order valence-electron chi connectivity index (χ4n) is 4.39. The molecule has 0 radical (unpaired) electrons. The van der Waals surface area contributed by atoms with Gasteiger partial charge in [0, 0.05) is 25.7 Å². The van der Waals surface area contributed by atoms with E-state index in [-0.39, 0.29) is 12.2 Å². The van der Waals surface area contributed by atoms with E-state index < -0.39 is 6.10 Å². The van der Waals surface area contributed by atoms with Gasteiger partial charge in [-0.1, -0.05) is 6.07 Å². The molecule has 1 heterocycles. The van der Waals surface area contributed by atoms with Crippen LogP contribution in [0.1, 0.15) is 5.56 Å². The topological polar surface area (TPSA) is 95.3 Å². The average molecular weight is 534 g/mol. The van der Waals surface area contributed by atoms with Crippen LogP contribution in [0.15, 0.2) is 65.5 Å². The predicted molar refractivity (Wildman–Crippen MR) is 151 cm³/mol. The molecular weight excluding hydrogens is 498 g/mol. The molecule has 0 saturated carbocycles. The lowest BCUT2D eigenvalue weighted by Gasteiger charge is -2.21. The molecule has 0 bridgehead atoms. The molecule has 0 fully saturated rings. The quantitative estimate of drug-likeness (QED) is 0.296. The van der Waals surface area contributed by atoms with Crippen molar-refractivity contribution in [1.82, 2.24) is 14.5 Å². The first kappa shape index (κ1) is 27.9. The van der Waals surface area contributed by atoms with E-state index in [4.69, 9.17) is 18.9 Å². The Balaban J connectivity index is 1.32. The lowest BCUT2D eigenvalue weighted by molar-refractivity contribution is 0.0767. The summed E-state index contributed by atoms with van der Waals surface area (Å²) in [5.74, 6) is 3.20. The average Bonchev–Trinajstić information content (AvgIpc) is 2.96. The van der Waals surface area contributed by atoms with E-state index >= 15 is 0 Å². The van der Waals surface area contributed by atoms with Crippen LogP contribution >= 0.6 is 0 Å². The highest BCUT2D eigenvalue weighted by molar-refractivity contribution is 5.81. The van der Waals surface area contributed by atoms with Crippen LogP contribution in [-0.4, -0.2) is 73.7 Å². The summed E-state index contributed by atoms with van der Waals surface area (Å²) in [5.41, 5.74) is 2.37. The highest BCUT2D eigenvalue weighted by Crippen LogP contribution is 2.28. The van der Waals surface area contributed by atoms with Crippen molar-refractivity contribution >= 4 is 10.9 Å². The molecule has 3 aromatic carbocycles. The number of aliphatic hydroxyl groups excluding tert-OH is 1. The maximum Gasteiger partial charge on any atom is 0.261 e. The monoisotopic (exact) mass is 533 g/mol. The van der Waals surface area contributed by atoms with Crippen molar-refractivity contribution in [1.29, 1.82) is 0 Å². The molecule has 0 aliphatic rings. The minimum absolute atomic E-state index is 0.146. The van der Waals surface area contributed by atoms with E-state index in [0.29, 0.717) is 46.3 Å². The van der Waals surface area contributed by atoms with Gasteiger partial charge in [0.05, 0.1) is 32.2 Å². The van der Waals surface area contributed by atoms with Gasteiger partial charge in [0.1, 0.15) is 30.0 Å². The number of nitrogens with zero attached hydrogens (tertiary/aromatic N) is 3. The number of benzene rings is 3. The van der Waals surface area contributed by atoms with Crippen molar-refractivity contribution < 1.29 is 24.1 Å². The number of ether oxygens (including phenoxy) is 4. The van der Waals surface area contributed by atoms with E-state index in [1.807, 2.05) is 49.5 Å². The first-order chi connectivity index (χ1) is 18.8. The molecule has 206 valence electrons. The summed E-state index contributed by atoms with van der Waals surface area (Å²) in [4.78, 5) is 19.7. The van der Waals surface area contributed by atoms with Gasteiger partial charge in [-0.15, -0.1) is 0 Å². The first-order valence-electron chi connectivity index (χ1n) is 12.7. The van der Waals surface area contributed by atoms with E-state index in [9.17, 15) is 9.90 Å². The summed E-state index contributed by atoms with van der Waals surface area (Å²) in [5, 5.41) is 11.0. The molecule has 9 heteroatoms. The van der Waals surface area contributed by atoms with Gasteiger partial charge in [0.2, 0.25) is 0 Å². The zero-order chi connectivity index (χ0) is 27.9. The minimum Gasteiger partial charge on any atom is -0.497 e. The molecule has 9 nitrogen and oxygen atoms in total. The van der Waals surface area contributed by atoms with Gasteiger partial charge in [-0.2, -0.15) is 0 Å². The van der Waals surface area contributed by atoms with Crippen LogP contribution < -0.4 is 24.5 Å². The van der Waals surface area contributed by atoms with Gasteiger partial charge >= 0.3 is 0 Å². The lowest BCUT2D eigenvalue weighted by atomic mass is 10.1. The number of aromatic nitrogens is 2. The molecule has 1 N–H and O–H groups in total. The van der Waals surface area contributed by atoms with Crippen molar-refractivity contribution in [3.05, 3.63) is 76.6 Å². The molecule has 1 unspecified atom stereocenters. The van der Waals surface area contributed by atoms with Crippen molar-refractivity contribution in [3.8, 4) is 34.4 Å². The molecule has 1 atom stereocenters. The van der Waals surface area contributed by atoms with Crippen molar-refractivity contribution in [2.75, 3.05) is 48.1 Å². The third kappa shape index (κ3) is 6.68. The summed E-state index contributed by atoms with van der Waals surface area (Å²) in [6, 6.07) is 18.5. The van der Waals surface area contributed by atoms with Gasteiger partial charge in [0.15, 0.2) is 11.5 Å². The summed E-state index contributed by atoms with van der Waals surface area (Å²) in [7, 11) is 8.47. The molecule has 39 heavy (non-hydrogen) atoms. The molecule has 0 amide bonds. The normalized spacial score (nSPS) is 12.0. The molecule has 0 spiro atoms. The second kappa shape index (κ2) is 12.6. The standard InChI is InChI=1S/C30H35N3O6/c1-32(15-14-20-6-13-27(37-4)28(16-20)38-5)18-22(34)19-39-23-9-7-21(8-10-23)29-31-26-12-11-24(36-3)17-25(26)30(35)33(29)2/h6-13,16-17,22,34H,14-15,18-19H2,1-5H3. The maximum atomic E-state index is 12.9. The van der Waals surface area contributed by atoms with Gasteiger partial charge in [-0.05, 0) is 73.6 Å². The highest BCUT2D eigenvalue weighted by atomic mass is 16.5. The molecule has 0 aliphatic heterocycles. The maximum absolute atomic E-state index is 12.9. The Kier molecular flexibility index (Phi) is 9.06. The van der Waals surface area contributed by atoms with Crippen LogP contribution in [0.25, 0.3) is 22.3 Å². The predicted octanol–water partition coefficient (Wildman–Crippen LogP) is 3.54. The first-order valence-corrected chi connectivity index (χ1v) is 12.7. The summed E-state index contributed by atoms with van der Waals surface area (Å²) in [6.45, 7) is 1.40. The Morgan fingerprint density at radius 1 is 0.923 bits per heavy atom. The van der Waals surface area contributed by atoms with E-state index in [2.05, 4.69) is 9.88 Å². The Labute approximate surface area is 228 Å². The number of rotatable bonds is 12. The zero-order valence-corrected chi connectivity index (χ0v) is 23.0. The van der Waals surface area contributed by atoms with Crippen LogP contribution in [0.5, 0.6) is 23.0 Å². The van der Waals surface area contributed by atoms with Crippen molar-refractivity contribution in [2.24, 2.45) is 7.05 Å². The van der Waals surface area contributed by atoms with E-state index in [0.717, 1.165) is 24.1 Å². The number of hydrogen-bond acceptors (Lipinski definition) is 8. The van der Waals surface area contributed by atoms with Crippen LogP contribution in [-0.2, 0) is 13.5 Å². The SMILES string of the molecule is COc1ccc2nc(-c3ccc(OCC(O)CN(C)CCc4ccc(OC)c(OC)c4)cc3)n(C)c(=O)c2c1. The number of aliphatic hydroxyl groups is 1. The van der Waals surface area contributed by atoms with Crippen molar-refractivity contribution in [2.45, 2.75) is 12.5 Å². The van der Waals surface area contributed by atoms with Crippen LogP contribution in [0, 0.1) is 0 Å².